The van der Waals surface area contributed by atoms with Crippen LogP contribution in [0.5, 0.6) is 0 Å². The Hall–Kier alpha value is -1.02. The summed E-state index contributed by atoms with van der Waals surface area (Å²) in [6.07, 6.45) is 2.95. The number of aliphatic hydroxyl groups excluding tert-OH is 1. The van der Waals surface area contributed by atoms with Crippen molar-refractivity contribution in [3.8, 4) is 0 Å². The van der Waals surface area contributed by atoms with Crippen molar-refractivity contribution in [1.82, 2.24) is 0 Å². The molecule has 0 heterocycles. The van der Waals surface area contributed by atoms with Crippen LogP contribution in [0.25, 0.3) is 0 Å². The minimum atomic E-state index is -0.724. The molecule has 0 amide bonds. The smallest absolute Gasteiger partial charge is 0.106 e. The molecule has 1 unspecified atom stereocenters. The third-order valence-electron chi connectivity index (χ3n) is 4.09. The first kappa shape index (κ1) is 13.9. The van der Waals surface area contributed by atoms with Crippen molar-refractivity contribution < 1.29 is 5.11 Å². The fraction of sp³-hybridized carbons (Fsp3) is 0.294. The van der Waals surface area contributed by atoms with E-state index in [9.17, 15) is 5.11 Å². The number of hydrogen-bond acceptors (Lipinski definition) is 1. The molecule has 2 aromatic rings. The Labute approximate surface area is 129 Å². The van der Waals surface area contributed by atoms with E-state index in [-0.39, 0.29) is 0 Å². The average Bonchev–Trinajstić information content (AvgIpc) is 2.39. The van der Waals surface area contributed by atoms with Crippen molar-refractivity contribution in [2.45, 2.75) is 31.3 Å². The van der Waals surface area contributed by atoms with Gasteiger partial charge in [-0.25, -0.2) is 0 Å². The van der Waals surface area contributed by atoms with Gasteiger partial charge < -0.3 is 5.11 Å². The fourth-order valence-corrected chi connectivity index (χ4v) is 3.14. The normalized spacial score (nSPS) is 16.8. The Morgan fingerprint density at radius 2 is 1.75 bits per heavy atom. The van der Waals surface area contributed by atoms with Crippen molar-refractivity contribution in [2.75, 3.05) is 0 Å². The van der Waals surface area contributed by atoms with E-state index < -0.39 is 6.10 Å². The second kappa shape index (κ2) is 5.77. The maximum absolute atomic E-state index is 10.7. The third kappa shape index (κ3) is 2.58. The van der Waals surface area contributed by atoms with E-state index in [0.29, 0.717) is 21.5 Å². The molecule has 3 heteroatoms. The van der Waals surface area contributed by atoms with Crippen molar-refractivity contribution in [3.63, 3.8) is 0 Å². The monoisotopic (exact) mass is 306 g/mol. The minimum absolute atomic E-state index is 0.547. The minimum Gasteiger partial charge on any atom is -0.384 e. The largest absolute Gasteiger partial charge is 0.384 e. The molecule has 1 aliphatic carbocycles. The van der Waals surface area contributed by atoms with Gasteiger partial charge in [-0.05, 0) is 48.1 Å². The molecule has 0 radical (unpaired) electrons. The molecule has 0 bridgehead atoms. The summed E-state index contributed by atoms with van der Waals surface area (Å²) in [4.78, 5) is 0. The van der Waals surface area contributed by atoms with Gasteiger partial charge in [0.1, 0.15) is 6.10 Å². The fourth-order valence-electron chi connectivity index (χ4n) is 2.74. The highest BCUT2D eigenvalue weighted by molar-refractivity contribution is 6.33. The van der Waals surface area contributed by atoms with Crippen LogP contribution in [-0.2, 0) is 0 Å². The van der Waals surface area contributed by atoms with Gasteiger partial charge in [-0.2, -0.15) is 0 Å². The average molecular weight is 307 g/mol. The molecule has 0 aliphatic heterocycles. The van der Waals surface area contributed by atoms with Gasteiger partial charge >= 0.3 is 0 Å². The Balaban J connectivity index is 2.01. The first-order valence-electron chi connectivity index (χ1n) is 6.88. The summed E-state index contributed by atoms with van der Waals surface area (Å²) >= 11 is 12.2. The lowest BCUT2D eigenvalue weighted by molar-refractivity contribution is 0.217. The van der Waals surface area contributed by atoms with E-state index in [2.05, 4.69) is 6.07 Å². The zero-order chi connectivity index (χ0) is 14.1. The van der Waals surface area contributed by atoms with Crippen LogP contribution in [0.3, 0.4) is 0 Å². The van der Waals surface area contributed by atoms with Crippen molar-refractivity contribution in [2.24, 2.45) is 0 Å². The predicted octanol–water partition coefficient (Wildman–Crippen LogP) is 5.34. The summed E-state index contributed by atoms with van der Waals surface area (Å²) < 4.78 is 0. The van der Waals surface area contributed by atoms with Gasteiger partial charge in [-0.3, -0.25) is 0 Å². The van der Waals surface area contributed by atoms with Crippen LogP contribution in [0.15, 0.2) is 42.5 Å². The van der Waals surface area contributed by atoms with Crippen LogP contribution in [-0.4, -0.2) is 5.11 Å². The molecule has 104 valence electrons. The quantitative estimate of drug-likeness (QED) is 0.811. The van der Waals surface area contributed by atoms with Crippen LogP contribution in [0.2, 0.25) is 10.0 Å². The summed E-state index contributed by atoms with van der Waals surface area (Å²) in [6.45, 7) is 0. The maximum atomic E-state index is 10.7. The van der Waals surface area contributed by atoms with E-state index in [1.54, 1.807) is 18.2 Å². The summed E-state index contributed by atoms with van der Waals surface area (Å²) in [7, 11) is 0. The third-order valence-corrected chi connectivity index (χ3v) is 4.67. The van der Waals surface area contributed by atoms with E-state index in [4.69, 9.17) is 23.2 Å². The van der Waals surface area contributed by atoms with E-state index in [1.807, 2.05) is 18.2 Å². The molecule has 3 rings (SSSR count). The van der Waals surface area contributed by atoms with Gasteiger partial charge in [0.15, 0.2) is 0 Å². The number of halogens is 2. The number of hydrogen-bond donors (Lipinski definition) is 1. The molecule has 1 fully saturated rings. The van der Waals surface area contributed by atoms with Gasteiger partial charge in [0.2, 0.25) is 0 Å². The Morgan fingerprint density at radius 3 is 2.45 bits per heavy atom. The van der Waals surface area contributed by atoms with Crippen molar-refractivity contribution in [3.05, 3.63) is 69.2 Å². The molecule has 2 aromatic carbocycles. The molecule has 0 aromatic heterocycles. The lowest BCUT2D eigenvalue weighted by Gasteiger charge is -2.29. The van der Waals surface area contributed by atoms with Gasteiger partial charge in [-0.15, -0.1) is 0 Å². The molecule has 1 saturated carbocycles. The molecule has 0 saturated heterocycles. The van der Waals surface area contributed by atoms with Gasteiger partial charge in [0.25, 0.3) is 0 Å². The van der Waals surface area contributed by atoms with Crippen LogP contribution < -0.4 is 0 Å². The summed E-state index contributed by atoms with van der Waals surface area (Å²) in [5.74, 6) is 0.568. The molecular formula is C17H16Cl2O. The summed E-state index contributed by atoms with van der Waals surface area (Å²) in [6, 6.07) is 13.3. The van der Waals surface area contributed by atoms with E-state index in [1.165, 1.54) is 24.8 Å². The van der Waals surface area contributed by atoms with Gasteiger partial charge in [0.05, 0.1) is 0 Å². The second-order valence-electron chi connectivity index (χ2n) is 5.33. The molecule has 1 atom stereocenters. The molecule has 1 nitrogen and oxygen atoms in total. The topological polar surface area (TPSA) is 20.2 Å². The van der Waals surface area contributed by atoms with Crippen LogP contribution in [0.4, 0.5) is 0 Å². The van der Waals surface area contributed by atoms with E-state index in [0.717, 1.165) is 5.56 Å². The van der Waals surface area contributed by atoms with Crippen LogP contribution in [0.1, 0.15) is 48.0 Å². The lowest BCUT2D eigenvalue weighted by Crippen LogP contribution is -2.13. The van der Waals surface area contributed by atoms with Crippen molar-refractivity contribution >= 4 is 23.2 Å². The van der Waals surface area contributed by atoms with E-state index >= 15 is 0 Å². The molecule has 1 aliphatic rings. The van der Waals surface area contributed by atoms with Crippen LogP contribution in [0, 0.1) is 0 Å². The summed E-state index contributed by atoms with van der Waals surface area (Å²) in [5, 5.41) is 11.8. The maximum Gasteiger partial charge on any atom is 0.106 e. The second-order valence-corrected chi connectivity index (χ2v) is 6.17. The molecular weight excluding hydrogens is 291 g/mol. The highest BCUT2D eigenvalue weighted by Crippen LogP contribution is 2.41. The molecule has 20 heavy (non-hydrogen) atoms. The predicted molar refractivity (Wildman–Crippen MR) is 83.6 cm³/mol. The Bertz CT molecular complexity index is 620. The summed E-state index contributed by atoms with van der Waals surface area (Å²) in [5.41, 5.74) is 2.86. The molecule has 1 N–H and O–H groups in total. The number of aliphatic hydroxyl groups is 1. The standard InChI is InChI=1S/C17H16Cl2O/c18-12-8-9-16(19)15(10-12)17(20)14-7-2-1-6-13(14)11-4-3-5-11/h1-2,6-11,17,20H,3-5H2. The number of benzene rings is 2. The van der Waals surface area contributed by atoms with Gasteiger partial charge in [0, 0.05) is 15.6 Å². The molecule has 0 spiro atoms. The zero-order valence-electron chi connectivity index (χ0n) is 11.0. The SMILES string of the molecule is OC(c1cc(Cl)ccc1Cl)c1ccccc1C1CCC1. The lowest BCUT2D eigenvalue weighted by atomic mass is 9.77. The first-order valence-corrected chi connectivity index (χ1v) is 7.64. The van der Waals surface area contributed by atoms with Crippen LogP contribution >= 0.6 is 23.2 Å². The Morgan fingerprint density at radius 1 is 1.00 bits per heavy atom. The Kier molecular flexibility index (Phi) is 4.02. The number of rotatable bonds is 3. The first-order chi connectivity index (χ1) is 9.66. The highest BCUT2D eigenvalue weighted by Gasteiger charge is 2.25. The van der Waals surface area contributed by atoms with Gasteiger partial charge in [-0.1, -0.05) is 53.9 Å². The van der Waals surface area contributed by atoms with Crippen molar-refractivity contribution in [1.29, 1.82) is 0 Å². The highest BCUT2D eigenvalue weighted by atomic mass is 35.5. The zero-order valence-corrected chi connectivity index (χ0v) is 12.5.